The standard InChI is InChI=1S/C14H13N3OS/c1-18-9-10-3-2-4-11(7-10)17-13-5-6-15-8-12(13)16-14(17)19/h2-8H,9H2,1H3,(H,16,19). The normalized spacial score (nSPS) is 11.0. The van der Waals surface area contributed by atoms with E-state index in [4.69, 9.17) is 17.0 Å². The van der Waals surface area contributed by atoms with E-state index in [-0.39, 0.29) is 0 Å². The molecule has 1 aromatic carbocycles. The van der Waals surface area contributed by atoms with Crippen LogP contribution in [0.25, 0.3) is 16.7 Å². The number of H-pyrrole nitrogens is 1. The molecule has 2 heterocycles. The van der Waals surface area contributed by atoms with Crippen molar-refractivity contribution >= 4 is 23.3 Å². The molecule has 0 amide bonds. The molecule has 0 fully saturated rings. The zero-order valence-corrected chi connectivity index (χ0v) is 11.3. The number of aromatic amines is 1. The first-order valence-electron chi connectivity index (χ1n) is 5.92. The van der Waals surface area contributed by atoms with Crippen molar-refractivity contribution in [2.75, 3.05) is 7.11 Å². The molecule has 19 heavy (non-hydrogen) atoms. The summed E-state index contributed by atoms with van der Waals surface area (Å²) in [6.45, 7) is 0.588. The maximum absolute atomic E-state index is 5.39. The number of hydrogen-bond acceptors (Lipinski definition) is 3. The number of methoxy groups -OCH3 is 1. The highest BCUT2D eigenvalue weighted by atomic mass is 32.1. The predicted molar refractivity (Wildman–Crippen MR) is 77.0 cm³/mol. The molecule has 1 N–H and O–H groups in total. The van der Waals surface area contributed by atoms with Gasteiger partial charge in [-0.05, 0) is 36.0 Å². The van der Waals surface area contributed by atoms with Gasteiger partial charge < -0.3 is 9.72 Å². The van der Waals surface area contributed by atoms with Crippen molar-refractivity contribution in [3.63, 3.8) is 0 Å². The van der Waals surface area contributed by atoms with E-state index in [1.807, 2.05) is 28.8 Å². The third-order valence-electron chi connectivity index (χ3n) is 2.96. The summed E-state index contributed by atoms with van der Waals surface area (Å²) >= 11 is 5.39. The second-order valence-corrected chi connectivity index (χ2v) is 4.65. The van der Waals surface area contributed by atoms with Gasteiger partial charge >= 0.3 is 0 Å². The molecular formula is C14H13N3OS. The number of hydrogen-bond donors (Lipinski definition) is 1. The third kappa shape index (κ3) is 2.18. The van der Waals surface area contributed by atoms with Crippen LogP contribution < -0.4 is 0 Å². The largest absolute Gasteiger partial charge is 0.380 e. The smallest absolute Gasteiger partial charge is 0.182 e. The Hall–Kier alpha value is -1.98. The molecule has 0 aliphatic rings. The number of aromatic nitrogens is 3. The summed E-state index contributed by atoms with van der Waals surface area (Å²) in [7, 11) is 1.69. The molecule has 2 aromatic heterocycles. The molecular weight excluding hydrogens is 258 g/mol. The number of benzene rings is 1. The first kappa shape index (κ1) is 12.1. The van der Waals surface area contributed by atoms with E-state index in [2.05, 4.69) is 16.0 Å². The Morgan fingerprint density at radius 1 is 1.37 bits per heavy atom. The number of imidazole rings is 1. The van der Waals surface area contributed by atoms with Crippen molar-refractivity contribution in [1.29, 1.82) is 0 Å². The first-order chi connectivity index (χ1) is 9.29. The van der Waals surface area contributed by atoms with Gasteiger partial charge in [-0.15, -0.1) is 0 Å². The average molecular weight is 271 g/mol. The van der Waals surface area contributed by atoms with Crippen LogP contribution in [0.2, 0.25) is 0 Å². The molecule has 96 valence electrons. The summed E-state index contributed by atoms with van der Waals surface area (Å²) in [5, 5.41) is 0. The molecule has 4 nitrogen and oxygen atoms in total. The lowest BCUT2D eigenvalue weighted by Crippen LogP contribution is -1.96. The van der Waals surface area contributed by atoms with E-state index in [9.17, 15) is 0 Å². The van der Waals surface area contributed by atoms with Gasteiger partial charge in [-0.1, -0.05) is 12.1 Å². The summed E-state index contributed by atoms with van der Waals surface area (Å²) in [4.78, 5) is 7.26. The van der Waals surface area contributed by atoms with Crippen LogP contribution in [0, 0.1) is 4.77 Å². The minimum absolute atomic E-state index is 0.588. The van der Waals surface area contributed by atoms with Crippen LogP contribution in [0.15, 0.2) is 42.7 Å². The van der Waals surface area contributed by atoms with Gasteiger partial charge in [-0.3, -0.25) is 9.55 Å². The Morgan fingerprint density at radius 3 is 3.11 bits per heavy atom. The van der Waals surface area contributed by atoms with Gasteiger partial charge in [0, 0.05) is 19.0 Å². The van der Waals surface area contributed by atoms with Gasteiger partial charge in [0.15, 0.2) is 4.77 Å². The Labute approximate surface area is 115 Å². The maximum atomic E-state index is 5.39. The van der Waals surface area contributed by atoms with E-state index >= 15 is 0 Å². The van der Waals surface area contributed by atoms with Crippen molar-refractivity contribution < 1.29 is 4.74 Å². The van der Waals surface area contributed by atoms with Gasteiger partial charge in [0.25, 0.3) is 0 Å². The van der Waals surface area contributed by atoms with Crippen molar-refractivity contribution in [2.45, 2.75) is 6.61 Å². The number of rotatable bonds is 3. The molecule has 0 radical (unpaired) electrons. The summed E-state index contributed by atoms with van der Waals surface area (Å²) in [6.07, 6.45) is 3.54. The number of nitrogens with one attached hydrogen (secondary N) is 1. The zero-order chi connectivity index (χ0) is 13.2. The zero-order valence-electron chi connectivity index (χ0n) is 10.5. The third-order valence-corrected chi connectivity index (χ3v) is 3.25. The lowest BCUT2D eigenvalue weighted by atomic mass is 10.2. The average Bonchev–Trinajstić information content (AvgIpc) is 2.75. The lowest BCUT2D eigenvalue weighted by molar-refractivity contribution is 0.185. The van der Waals surface area contributed by atoms with E-state index in [1.165, 1.54) is 0 Å². The summed E-state index contributed by atoms with van der Waals surface area (Å²) < 4.78 is 7.83. The first-order valence-corrected chi connectivity index (χ1v) is 6.33. The van der Waals surface area contributed by atoms with Crippen LogP contribution in [0.5, 0.6) is 0 Å². The van der Waals surface area contributed by atoms with Crippen molar-refractivity contribution in [3.8, 4) is 5.69 Å². The SMILES string of the molecule is COCc1cccc(-n2c(=S)[nH]c3cnccc32)c1. The molecule has 3 rings (SSSR count). The minimum atomic E-state index is 0.588. The molecule has 0 spiro atoms. The van der Waals surface area contributed by atoms with Crippen LogP contribution in [0.4, 0.5) is 0 Å². The van der Waals surface area contributed by atoms with Crippen LogP contribution >= 0.6 is 12.2 Å². The van der Waals surface area contributed by atoms with Crippen molar-refractivity contribution in [1.82, 2.24) is 14.5 Å². The topological polar surface area (TPSA) is 42.8 Å². The number of nitrogens with zero attached hydrogens (tertiary/aromatic N) is 2. The summed E-state index contributed by atoms with van der Waals surface area (Å²) in [5.74, 6) is 0. The Bertz CT molecular complexity index is 775. The number of fused-ring (bicyclic) bond motifs is 1. The van der Waals surface area contributed by atoms with Crippen LogP contribution in [-0.4, -0.2) is 21.6 Å². The second-order valence-electron chi connectivity index (χ2n) is 4.26. The van der Waals surface area contributed by atoms with Gasteiger partial charge in [0.1, 0.15) is 0 Å². The van der Waals surface area contributed by atoms with Crippen LogP contribution in [0.1, 0.15) is 5.56 Å². The van der Waals surface area contributed by atoms with E-state index in [1.54, 1.807) is 19.5 Å². The Morgan fingerprint density at radius 2 is 2.26 bits per heavy atom. The van der Waals surface area contributed by atoms with Gasteiger partial charge in [0.05, 0.1) is 23.8 Å². The fourth-order valence-corrected chi connectivity index (χ4v) is 2.48. The number of ether oxygens (including phenoxy) is 1. The molecule has 0 saturated heterocycles. The van der Waals surface area contributed by atoms with Gasteiger partial charge in [-0.2, -0.15) is 0 Å². The fraction of sp³-hybridized carbons (Fsp3) is 0.143. The molecule has 0 unspecified atom stereocenters. The van der Waals surface area contributed by atoms with Crippen LogP contribution in [0.3, 0.4) is 0 Å². The van der Waals surface area contributed by atoms with E-state index in [0.29, 0.717) is 11.4 Å². The number of pyridine rings is 1. The van der Waals surface area contributed by atoms with Gasteiger partial charge in [-0.25, -0.2) is 0 Å². The summed E-state index contributed by atoms with van der Waals surface area (Å²) in [5.41, 5.74) is 4.10. The summed E-state index contributed by atoms with van der Waals surface area (Å²) in [6, 6.07) is 10.1. The molecule has 0 aliphatic carbocycles. The fourth-order valence-electron chi connectivity index (χ4n) is 2.17. The quantitative estimate of drug-likeness (QED) is 0.744. The Kier molecular flexibility index (Phi) is 3.15. The highest BCUT2D eigenvalue weighted by molar-refractivity contribution is 7.71. The van der Waals surface area contributed by atoms with Crippen molar-refractivity contribution in [2.24, 2.45) is 0 Å². The van der Waals surface area contributed by atoms with Crippen LogP contribution in [-0.2, 0) is 11.3 Å². The van der Waals surface area contributed by atoms with Gasteiger partial charge in [0.2, 0.25) is 0 Å². The monoisotopic (exact) mass is 271 g/mol. The highest BCUT2D eigenvalue weighted by Gasteiger charge is 2.06. The highest BCUT2D eigenvalue weighted by Crippen LogP contribution is 2.19. The molecule has 5 heteroatoms. The molecule has 0 saturated carbocycles. The Balaban J connectivity index is 2.21. The molecule has 0 atom stereocenters. The molecule has 0 bridgehead atoms. The maximum Gasteiger partial charge on any atom is 0.182 e. The molecule has 0 aliphatic heterocycles. The van der Waals surface area contributed by atoms with Crippen molar-refractivity contribution in [3.05, 3.63) is 53.1 Å². The lowest BCUT2D eigenvalue weighted by Gasteiger charge is -2.07. The van der Waals surface area contributed by atoms with E-state index < -0.39 is 0 Å². The second kappa shape index (κ2) is 4.95. The van der Waals surface area contributed by atoms with E-state index in [0.717, 1.165) is 22.3 Å². The minimum Gasteiger partial charge on any atom is -0.380 e. The molecule has 3 aromatic rings. The predicted octanol–water partition coefficient (Wildman–Crippen LogP) is 3.23.